The third kappa shape index (κ3) is 4.42. The van der Waals surface area contributed by atoms with Crippen LogP contribution in [0.25, 0.3) is 11.1 Å². The van der Waals surface area contributed by atoms with Crippen LogP contribution in [0.3, 0.4) is 0 Å². The van der Waals surface area contributed by atoms with Crippen molar-refractivity contribution in [3.8, 4) is 17.2 Å². The van der Waals surface area contributed by atoms with Gasteiger partial charge in [0.25, 0.3) is 5.91 Å². The Labute approximate surface area is 178 Å². The van der Waals surface area contributed by atoms with Crippen molar-refractivity contribution < 1.29 is 14.3 Å². The van der Waals surface area contributed by atoms with Gasteiger partial charge in [0.05, 0.1) is 12.0 Å². The molecule has 0 unspecified atom stereocenters. The zero-order valence-electron chi connectivity index (χ0n) is 16.3. The summed E-state index contributed by atoms with van der Waals surface area (Å²) in [4.78, 5) is 25.4. The molecule has 1 aliphatic carbocycles. The van der Waals surface area contributed by atoms with Crippen LogP contribution in [0.4, 0.5) is 5.00 Å². The number of thiophene rings is 1. The fourth-order valence-corrected chi connectivity index (χ4v) is 4.84. The number of rotatable bonds is 6. The number of fused-ring (bicyclic) bond motifs is 1. The molecule has 30 heavy (non-hydrogen) atoms. The maximum atomic E-state index is 12.2. The minimum Gasteiger partial charge on any atom is -0.455 e. The van der Waals surface area contributed by atoms with Gasteiger partial charge >= 0.3 is 5.97 Å². The van der Waals surface area contributed by atoms with Gasteiger partial charge in [-0.1, -0.05) is 54.6 Å². The number of esters is 1. The van der Waals surface area contributed by atoms with Crippen LogP contribution in [-0.2, 0) is 33.6 Å². The zero-order chi connectivity index (χ0) is 20.9. The molecule has 2 aromatic carbocycles. The number of hydrogen-bond acceptors (Lipinski definition) is 5. The molecule has 0 fully saturated rings. The Hall–Kier alpha value is -3.43. The molecule has 0 aliphatic heterocycles. The summed E-state index contributed by atoms with van der Waals surface area (Å²) in [7, 11) is 0. The van der Waals surface area contributed by atoms with Crippen molar-refractivity contribution in [2.24, 2.45) is 0 Å². The lowest BCUT2D eigenvalue weighted by Crippen LogP contribution is -2.21. The Morgan fingerprint density at radius 3 is 2.50 bits per heavy atom. The van der Waals surface area contributed by atoms with E-state index in [1.165, 1.54) is 11.3 Å². The maximum Gasteiger partial charge on any atom is 0.310 e. The Morgan fingerprint density at radius 1 is 1.03 bits per heavy atom. The third-order valence-corrected chi connectivity index (χ3v) is 6.27. The number of aryl methyl sites for hydroxylation is 1. The molecule has 1 aliphatic rings. The van der Waals surface area contributed by atoms with E-state index in [-0.39, 0.29) is 13.0 Å². The first-order chi connectivity index (χ1) is 14.6. The predicted molar refractivity (Wildman–Crippen MR) is 116 cm³/mol. The number of ether oxygens (including phenoxy) is 1. The second-order valence-electron chi connectivity index (χ2n) is 7.12. The molecule has 0 saturated heterocycles. The number of benzene rings is 2. The van der Waals surface area contributed by atoms with Gasteiger partial charge in [0.1, 0.15) is 11.1 Å². The minimum absolute atomic E-state index is 0.0963. The number of nitrogens with zero attached hydrogens (tertiary/aromatic N) is 1. The molecule has 4 rings (SSSR count). The van der Waals surface area contributed by atoms with E-state index in [1.54, 1.807) is 0 Å². The molecule has 1 N–H and O–H groups in total. The number of carbonyl (C=O) groups is 2. The second-order valence-corrected chi connectivity index (χ2v) is 8.23. The number of nitriles is 1. The van der Waals surface area contributed by atoms with E-state index < -0.39 is 11.9 Å². The number of anilines is 1. The van der Waals surface area contributed by atoms with Gasteiger partial charge < -0.3 is 10.1 Å². The van der Waals surface area contributed by atoms with Gasteiger partial charge in [-0.3, -0.25) is 9.59 Å². The van der Waals surface area contributed by atoms with E-state index in [0.29, 0.717) is 10.6 Å². The summed E-state index contributed by atoms with van der Waals surface area (Å²) in [5.41, 5.74) is 4.60. The van der Waals surface area contributed by atoms with Crippen LogP contribution >= 0.6 is 11.3 Å². The molecular weight excluding hydrogens is 396 g/mol. The van der Waals surface area contributed by atoms with Crippen molar-refractivity contribution in [2.75, 3.05) is 11.9 Å². The maximum absolute atomic E-state index is 12.2. The topological polar surface area (TPSA) is 79.2 Å². The first-order valence-electron chi connectivity index (χ1n) is 9.78. The van der Waals surface area contributed by atoms with E-state index in [4.69, 9.17) is 4.74 Å². The van der Waals surface area contributed by atoms with Gasteiger partial charge in [-0.15, -0.1) is 11.3 Å². The molecule has 3 aromatic rings. The van der Waals surface area contributed by atoms with Crippen LogP contribution in [0.5, 0.6) is 0 Å². The quantitative estimate of drug-likeness (QED) is 0.600. The second kappa shape index (κ2) is 8.93. The van der Waals surface area contributed by atoms with Crippen LogP contribution < -0.4 is 5.32 Å². The predicted octanol–water partition coefficient (Wildman–Crippen LogP) is 4.50. The lowest BCUT2D eigenvalue weighted by molar-refractivity contribution is -0.146. The number of nitrogens with one attached hydrogen (secondary N) is 1. The lowest BCUT2D eigenvalue weighted by atomic mass is 10.0. The fraction of sp³-hybridized carbons (Fsp3) is 0.208. The summed E-state index contributed by atoms with van der Waals surface area (Å²) < 4.78 is 5.12. The summed E-state index contributed by atoms with van der Waals surface area (Å²) >= 11 is 1.44. The first-order valence-corrected chi connectivity index (χ1v) is 10.6. The first kappa shape index (κ1) is 19.9. The minimum atomic E-state index is -0.466. The van der Waals surface area contributed by atoms with Crippen molar-refractivity contribution in [3.63, 3.8) is 0 Å². The fourth-order valence-electron chi connectivity index (χ4n) is 3.58. The monoisotopic (exact) mass is 416 g/mol. The number of amides is 1. The van der Waals surface area contributed by atoms with Gasteiger partial charge in [0.2, 0.25) is 0 Å². The normalized spacial score (nSPS) is 12.1. The summed E-state index contributed by atoms with van der Waals surface area (Å²) in [6.07, 6.45) is 2.97. The molecule has 0 saturated carbocycles. The lowest BCUT2D eigenvalue weighted by Gasteiger charge is -2.07. The summed E-state index contributed by atoms with van der Waals surface area (Å²) in [5.74, 6) is -0.897. The largest absolute Gasteiger partial charge is 0.455 e. The average Bonchev–Trinajstić information content (AvgIpc) is 3.34. The highest BCUT2D eigenvalue weighted by atomic mass is 32.1. The van der Waals surface area contributed by atoms with Gasteiger partial charge in [-0.2, -0.15) is 5.26 Å². The van der Waals surface area contributed by atoms with E-state index in [0.717, 1.165) is 46.4 Å². The van der Waals surface area contributed by atoms with E-state index in [1.807, 2.05) is 54.6 Å². The molecule has 1 amide bonds. The Balaban J connectivity index is 1.29. The highest BCUT2D eigenvalue weighted by Gasteiger charge is 2.23. The number of carbonyl (C=O) groups excluding carboxylic acids is 2. The molecule has 150 valence electrons. The van der Waals surface area contributed by atoms with Crippen molar-refractivity contribution in [1.82, 2.24) is 0 Å². The molecule has 1 heterocycles. The number of hydrogen-bond donors (Lipinski definition) is 1. The van der Waals surface area contributed by atoms with Crippen molar-refractivity contribution >= 4 is 28.2 Å². The van der Waals surface area contributed by atoms with Crippen LogP contribution in [-0.4, -0.2) is 18.5 Å². The summed E-state index contributed by atoms with van der Waals surface area (Å²) in [5, 5.41) is 12.6. The molecule has 5 nitrogen and oxygen atoms in total. The highest BCUT2D eigenvalue weighted by molar-refractivity contribution is 7.16. The Morgan fingerprint density at radius 2 is 1.77 bits per heavy atom. The average molecular weight is 417 g/mol. The highest BCUT2D eigenvalue weighted by Crippen LogP contribution is 2.38. The Bertz CT molecular complexity index is 1110. The van der Waals surface area contributed by atoms with E-state index >= 15 is 0 Å². The van der Waals surface area contributed by atoms with Crippen LogP contribution in [0.2, 0.25) is 0 Å². The van der Waals surface area contributed by atoms with Crippen molar-refractivity contribution in [3.05, 3.63) is 76.2 Å². The van der Waals surface area contributed by atoms with Crippen molar-refractivity contribution in [1.29, 1.82) is 5.26 Å². The Kier molecular flexibility index (Phi) is 5.92. The molecule has 1 aromatic heterocycles. The van der Waals surface area contributed by atoms with Crippen LogP contribution in [0.1, 0.15) is 28.0 Å². The van der Waals surface area contributed by atoms with E-state index in [9.17, 15) is 14.9 Å². The van der Waals surface area contributed by atoms with E-state index in [2.05, 4.69) is 11.4 Å². The van der Waals surface area contributed by atoms with Gasteiger partial charge in [-0.25, -0.2) is 0 Å². The summed E-state index contributed by atoms with van der Waals surface area (Å²) in [6.45, 7) is -0.367. The van der Waals surface area contributed by atoms with Gasteiger partial charge in [0, 0.05) is 4.88 Å². The van der Waals surface area contributed by atoms with Gasteiger partial charge in [-0.05, 0) is 41.5 Å². The van der Waals surface area contributed by atoms with Crippen molar-refractivity contribution in [2.45, 2.75) is 25.7 Å². The molecule has 0 radical (unpaired) electrons. The summed E-state index contributed by atoms with van der Waals surface area (Å²) in [6, 6.07) is 19.9. The molecule has 0 atom stereocenters. The van der Waals surface area contributed by atoms with Crippen LogP contribution in [0, 0.1) is 11.3 Å². The van der Waals surface area contributed by atoms with Crippen LogP contribution in [0.15, 0.2) is 54.6 Å². The van der Waals surface area contributed by atoms with Gasteiger partial charge in [0.15, 0.2) is 6.61 Å². The molecule has 0 bridgehead atoms. The standard InChI is InChI=1S/C24H20N2O3S/c25-14-20-19-7-4-8-21(19)30-24(20)26-22(27)15-29-23(28)13-16-9-11-18(12-10-16)17-5-2-1-3-6-17/h1-3,5-6,9-12H,4,7-8,13,15H2,(H,26,27). The molecule has 0 spiro atoms. The third-order valence-electron chi connectivity index (χ3n) is 5.06. The zero-order valence-corrected chi connectivity index (χ0v) is 17.1. The molecule has 6 heteroatoms. The molecular formula is C24H20N2O3S. The smallest absolute Gasteiger partial charge is 0.310 e. The SMILES string of the molecule is N#Cc1c(NC(=O)COC(=O)Cc2ccc(-c3ccccc3)cc2)sc2c1CCC2.